The average molecular weight is 496 g/mol. The number of anilines is 2. The van der Waals surface area contributed by atoms with Crippen LogP contribution in [0.25, 0.3) is 0 Å². The smallest absolute Gasteiger partial charge is 0.416 e. The van der Waals surface area contributed by atoms with Crippen molar-refractivity contribution in [3.05, 3.63) is 84.4 Å². The largest absolute Gasteiger partial charge is 0.457 e. The minimum absolute atomic E-state index is 0.0741. The van der Waals surface area contributed by atoms with Gasteiger partial charge in [0.1, 0.15) is 11.5 Å². The summed E-state index contributed by atoms with van der Waals surface area (Å²) in [5, 5.41) is 0. The molecule has 3 aromatic carbocycles. The molecule has 186 valence electrons. The van der Waals surface area contributed by atoms with Crippen LogP contribution in [0.3, 0.4) is 0 Å². The summed E-state index contributed by atoms with van der Waals surface area (Å²) in [4.78, 5) is 31.0. The molecule has 0 aliphatic carbocycles. The van der Waals surface area contributed by atoms with Crippen molar-refractivity contribution < 1.29 is 27.5 Å². The van der Waals surface area contributed by atoms with Gasteiger partial charge in [-0.25, -0.2) is 4.90 Å². The predicted octanol–water partition coefficient (Wildman–Crippen LogP) is 4.95. The third-order valence-corrected chi connectivity index (χ3v) is 6.49. The Labute approximate surface area is 206 Å². The summed E-state index contributed by atoms with van der Waals surface area (Å²) < 4.78 is 45.0. The Bertz CT molecular complexity index is 1240. The zero-order chi connectivity index (χ0) is 25.3. The van der Waals surface area contributed by atoms with Crippen molar-refractivity contribution in [2.45, 2.75) is 18.6 Å². The highest BCUT2D eigenvalue weighted by Gasteiger charge is 2.43. The van der Waals surface area contributed by atoms with E-state index in [0.29, 0.717) is 49.1 Å². The van der Waals surface area contributed by atoms with Gasteiger partial charge in [0.05, 0.1) is 23.7 Å². The number of rotatable bonds is 5. The van der Waals surface area contributed by atoms with Crippen molar-refractivity contribution in [1.29, 1.82) is 0 Å². The van der Waals surface area contributed by atoms with Gasteiger partial charge in [-0.05, 0) is 54.6 Å². The third kappa shape index (κ3) is 4.92. The molecule has 2 aliphatic rings. The Balaban J connectivity index is 1.22. The molecule has 0 bridgehead atoms. The van der Waals surface area contributed by atoms with Crippen molar-refractivity contribution in [2.24, 2.45) is 0 Å². The third-order valence-electron chi connectivity index (χ3n) is 6.49. The molecule has 1 unspecified atom stereocenters. The number of benzene rings is 3. The van der Waals surface area contributed by atoms with Gasteiger partial charge in [0.25, 0.3) is 5.91 Å². The number of nitrogens with zero attached hydrogens (tertiary/aromatic N) is 3. The van der Waals surface area contributed by atoms with Crippen LogP contribution in [0.5, 0.6) is 11.5 Å². The van der Waals surface area contributed by atoms with Gasteiger partial charge in [-0.2, -0.15) is 13.2 Å². The van der Waals surface area contributed by atoms with E-state index in [0.717, 1.165) is 12.1 Å². The molecule has 0 N–H and O–H groups in total. The molecule has 2 fully saturated rings. The molecule has 5 rings (SSSR count). The van der Waals surface area contributed by atoms with Gasteiger partial charge in [0, 0.05) is 31.9 Å². The molecule has 9 heteroatoms. The Morgan fingerprint density at radius 2 is 1.42 bits per heavy atom. The minimum Gasteiger partial charge on any atom is -0.457 e. The van der Waals surface area contributed by atoms with E-state index in [1.807, 2.05) is 40.1 Å². The van der Waals surface area contributed by atoms with Crippen molar-refractivity contribution in [3.63, 3.8) is 0 Å². The van der Waals surface area contributed by atoms with Crippen molar-refractivity contribution >= 4 is 23.2 Å². The van der Waals surface area contributed by atoms with Gasteiger partial charge < -0.3 is 9.64 Å². The second-order valence-corrected chi connectivity index (χ2v) is 8.77. The van der Waals surface area contributed by atoms with Gasteiger partial charge in [-0.1, -0.05) is 24.3 Å². The SMILES string of the molecule is O=C1CC(N2CCN(c3cccc(C(F)(F)F)c3)CC2)C(=O)N1c1ccc(Oc2ccccc2)cc1. The molecule has 6 nitrogen and oxygen atoms in total. The van der Waals surface area contributed by atoms with Gasteiger partial charge in [0.2, 0.25) is 5.91 Å². The Morgan fingerprint density at radius 3 is 2.08 bits per heavy atom. The lowest BCUT2D eigenvalue weighted by atomic mass is 10.1. The zero-order valence-corrected chi connectivity index (χ0v) is 19.3. The summed E-state index contributed by atoms with van der Waals surface area (Å²) in [6, 6.07) is 20.7. The number of carbonyl (C=O) groups excluding carboxylic acids is 2. The van der Waals surface area contributed by atoms with E-state index in [-0.39, 0.29) is 18.2 Å². The number of carbonyl (C=O) groups is 2. The van der Waals surface area contributed by atoms with Crippen LogP contribution in [0.4, 0.5) is 24.5 Å². The first-order valence-electron chi connectivity index (χ1n) is 11.7. The number of ether oxygens (including phenoxy) is 1. The lowest BCUT2D eigenvalue weighted by molar-refractivity contribution is -0.137. The summed E-state index contributed by atoms with van der Waals surface area (Å²) in [5.74, 6) is 0.709. The Morgan fingerprint density at radius 1 is 0.750 bits per heavy atom. The van der Waals surface area contributed by atoms with Crippen molar-refractivity contribution in [1.82, 2.24) is 4.90 Å². The summed E-state index contributed by atoms with van der Waals surface area (Å²) >= 11 is 0. The number of para-hydroxylation sites is 1. The summed E-state index contributed by atoms with van der Waals surface area (Å²) in [5.41, 5.74) is 0.295. The van der Waals surface area contributed by atoms with Crippen LogP contribution in [0.1, 0.15) is 12.0 Å². The summed E-state index contributed by atoms with van der Waals surface area (Å²) in [7, 11) is 0. The quantitative estimate of drug-likeness (QED) is 0.469. The molecule has 0 radical (unpaired) electrons. The van der Waals surface area contributed by atoms with Crippen LogP contribution in [0.15, 0.2) is 78.9 Å². The summed E-state index contributed by atoms with van der Waals surface area (Å²) in [6.07, 6.45) is -4.32. The maximum Gasteiger partial charge on any atom is 0.416 e. The van der Waals surface area contributed by atoms with Crippen molar-refractivity contribution in [3.8, 4) is 11.5 Å². The van der Waals surface area contributed by atoms with Crippen LogP contribution in [0, 0.1) is 0 Å². The van der Waals surface area contributed by atoms with Crippen LogP contribution in [0.2, 0.25) is 0 Å². The average Bonchev–Trinajstić information content (AvgIpc) is 3.18. The van der Waals surface area contributed by atoms with Gasteiger partial charge in [-0.3, -0.25) is 14.5 Å². The van der Waals surface area contributed by atoms with E-state index in [4.69, 9.17) is 4.74 Å². The molecule has 2 saturated heterocycles. The molecule has 0 spiro atoms. The Kier molecular flexibility index (Phi) is 6.40. The van der Waals surface area contributed by atoms with E-state index >= 15 is 0 Å². The fraction of sp³-hybridized carbons (Fsp3) is 0.259. The number of amides is 2. The van der Waals surface area contributed by atoms with Crippen LogP contribution in [-0.4, -0.2) is 48.9 Å². The number of piperazine rings is 1. The number of alkyl halides is 3. The Hall–Kier alpha value is -3.85. The van der Waals surface area contributed by atoms with E-state index in [1.165, 1.54) is 11.0 Å². The first kappa shape index (κ1) is 23.9. The highest BCUT2D eigenvalue weighted by atomic mass is 19.4. The fourth-order valence-electron chi connectivity index (χ4n) is 4.63. The topological polar surface area (TPSA) is 53.1 Å². The fourth-order valence-corrected chi connectivity index (χ4v) is 4.63. The molecule has 0 saturated carbocycles. The minimum atomic E-state index is -4.40. The first-order valence-corrected chi connectivity index (χ1v) is 11.7. The first-order chi connectivity index (χ1) is 17.3. The second-order valence-electron chi connectivity index (χ2n) is 8.77. The number of halogens is 3. The second kappa shape index (κ2) is 9.66. The molecule has 0 aromatic heterocycles. The van der Waals surface area contributed by atoms with Crippen molar-refractivity contribution in [2.75, 3.05) is 36.0 Å². The lowest BCUT2D eigenvalue weighted by Gasteiger charge is -2.38. The van der Waals surface area contributed by atoms with E-state index in [9.17, 15) is 22.8 Å². The maximum absolute atomic E-state index is 13.2. The lowest BCUT2D eigenvalue weighted by Crippen LogP contribution is -2.52. The van der Waals surface area contributed by atoms with Gasteiger partial charge in [-0.15, -0.1) is 0 Å². The highest BCUT2D eigenvalue weighted by molar-refractivity contribution is 6.22. The molecule has 3 aromatic rings. The van der Waals surface area contributed by atoms with Gasteiger partial charge in [0.15, 0.2) is 0 Å². The molecule has 36 heavy (non-hydrogen) atoms. The number of imide groups is 1. The van der Waals surface area contributed by atoms with E-state index < -0.39 is 17.8 Å². The molecule has 2 aliphatic heterocycles. The zero-order valence-electron chi connectivity index (χ0n) is 19.3. The normalized spacial score (nSPS) is 19.1. The van der Waals surface area contributed by atoms with Crippen LogP contribution >= 0.6 is 0 Å². The molecule has 2 amide bonds. The maximum atomic E-state index is 13.2. The predicted molar refractivity (Wildman–Crippen MR) is 129 cm³/mol. The molecule has 2 heterocycles. The molecular formula is C27H24F3N3O3. The number of hydrogen-bond acceptors (Lipinski definition) is 5. The standard InChI is InChI=1S/C27H24F3N3O3/c28-27(29,30)19-5-4-6-21(17-19)31-13-15-32(16-14-31)24-18-25(34)33(26(24)35)20-9-11-23(12-10-20)36-22-7-2-1-3-8-22/h1-12,17,24H,13-16,18H2. The highest BCUT2D eigenvalue weighted by Crippen LogP contribution is 2.33. The van der Waals surface area contributed by atoms with E-state index in [1.54, 1.807) is 30.3 Å². The summed E-state index contributed by atoms with van der Waals surface area (Å²) in [6.45, 7) is 1.87. The van der Waals surface area contributed by atoms with Crippen LogP contribution in [-0.2, 0) is 15.8 Å². The van der Waals surface area contributed by atoms with E-state index in [2.05, 4.69) is 0 Å². The monoisotopic (exact) mass is 495 g/mol. The number of hydrogen-bond donors (Lipinski definition) is 0. The van der Waals surface area contributed by atoms with Crippen LogP contribution < -0.4 is 14.5 Å². The molecular weight excluding hydrogens is 471 g/mol. The molecule has 1 atom stereocenters. The van der Waals surface area contributed by atoms with Gasteiger partial charge >= 0.3 is 6.18 Å².